The third kappa shape index (κ3) is 3.66. The van der Waals surface area contributed by atoms with Gasteiger partial charge < -0.3 is 14.6 Å². The van der Waals surface area contributed by atoms with E-state index in [0.717, 1.165) is 0 Å². The largest absolute Gasteiger partial charge is 0.496 e. The first-order chi connectivity index (χ1) is 13.2. The maximum absolute atomic E-state index is 12.6. The molecule has 0 aromatic heterocycles. The number of para-hydroxylation sites is 1. The standard InChI is InChI=1S/C19H21F3N2O4/c1-27-15-5-3-2-4-13(15)18(26)9-11(6-7-23)8-12-14(18)10-24-16(12)28-17(25)19(20,21)22/h2-5,11-12,14,16,24,26H,6,8-10H2,1H3. The lowest BCUT2D eigenvalue weighted by atomic mass is 9.63. The maximum atomic E-state index is 12.6. The summed E-state index contributed by atoms with van der Waals surface area (Å²) in [7, 11) is 1.47. The Morgan fingerprint density at radius 1 is 1.43 bits per heavy atom. The Bertz CT molecular complexity index is 779. The van der Waals surface area contributed by atoms with Gasteiger partial charge in [0.25, 0.3) is 0 Å². The summed E-state index contributed by atoms with van der Waals surface area (Å²) in [5, 5.41) is 23.6. The molecule has 1 aromatic carbocycles. The van der Waals surface area contributed by atoms with Crippen LogP contribution in [0.1, 0.15) is 24.8 Å². The summed E-state index contributed by atoms with van der Waals surface area (Å²) in [6.45, 7) is 0.175. The number of hydrogen-bond acceptors (Lipinski definition) is 6. The molecule has 0 radical (unpaired) electrons. The highest BCUT2D eigenvalue weighted by atomic mass is 19.4. The molecule has 1 aromatic rings. The molecule has 1 aliphatic carbocycles. The second kappa shape index (κ2) is 7.60. The van der Waals surface area contributed by atoms with Crippen molar-refractivity contribution in [1.82, 2.24) is 5.32 Å². The second-order valence-electron chi connectivity index (χ2n) is 7.29. The number of halogens is 3. The van der Waals surface area contributed by atoms with E-state index >= 15 is 0 Å². The van der Waals surface area contributed by atoms with Gasteiger partial charge in [-0.05, 0) is 24.8 Å². The molecule has 28 heavy (non-hydrogen) atoms. The minimum Gasteiger partial charge on any atom is -0.496 e. The first-order valence-electron chi connectivity index (χ1n) is 8.94. The summed E-state index contributed by atoms with van der Waals surface area (Å²) in [4.78, 5) is 11.3. The fourth-order valence-corrected chi connectivity index (χ4v) is 4.54. The molecule has 5 unspecified atom stereocenters. The molecule has 152 valence electrons. The van der Waals surface area contributed by atoms with Gasteiger partial charge in [-0.1, -0.05) is 18.2 Å². The van der Waals surface area contributed by atoms with Gasteiger partial charge in [0.1, 0.15) is 5.75 Å². The molecule has 1 saturated heterocycles. The van der Waals surface area contributed by atoms with E-state index in [-0.39, 0.29) is 25.3 Å². The summed E-state index contributed by atoms with van der Waals surface area (Å²) >= 11 is 0. The van der Waals surface area contributed by atoms with Crippen molar-refractivity contribution in [3.05, 3.63) is 29.8 Å². The molecule has 0 bridgehead atoms. The van der Waals surface area contributed by atoms with Crippen molar-refractivity contribution in [1.29, 1.82) is 5.26 Å². The van der Waals surface area contributed by atoms with Gasteiger partial charge in [0, 0.05) is 30.4 Å². The number of esters is 1. The number of fused-ring (bicyclic) bond motifs is 1. The van der Waals surface area contributed by atoms with E-state index in [0.29, 0.717) is 17.7 Å². The average Bonchev–Trinajstić information content (AvgIpc) is 3.05. The van der Waals surface area contributed by atoms with Crippen LogP contribution in [0.25, 0.3) is 0 Å². The first kappa shape index (κ1) is 20.4. The van der Waals surface area contributed by atoms with Crippen LogP contribution in [-0.4, -0.2) is 37.1 Å². The van der Waals surface area contributed by atoms with Gasteiger partial charge in [-0.15, -0.1) is 0 Å². The Morgan fingerprint density at radius 3 is 2.79 bits per heavy atom. The van der Waals surface area contributed by atoms with Crippen LogP contribution >= 0.6 is 0 Å². The van der Waals surface area contributed by atoms with Crippen LogP contribution in [0.2, 0.25) is 0 Å². The summed E-state index contributed by atoms with van der Waals surface area (Å²) in [5.41, 5.74) is -0.914. The zero-order chi connectivity index (χ0) is 20.5. The number of benzene rings is 1. The van der Waals surface area contributed by atoms with E-state index in [2.05, 4.69) is 16.1 Å². The SMILES string of the molecule is COc1ccccc1C1(O)CC(CC#N)CC2C(OC(=O)C(F)(F)F)NCC21. The summed E-state index contributed by atoms with van der Waals surface area (Å²) in [6, 6.07) is 8.95. The Labute approximate surface area is 160 Å². The molecule has 5 atom stereocenters. The fourth-order valence-electron chi connectivity index (χ4n) is 4.54. The highest BCUT2D eigenvalue weighted by Gasteiger charge is 2.56. The summed E-state index contributed by atoms with van der Waals surface area (Å²) in [6.07, 6.45) is -5.50. The van der Waals surface area contributed by atoms with Crippen LogP contribution < -0.4 is 10.1 Å². The zero-order valence-corrected chi connectivity index (χ0v) is 15.2. The van der Waals surface area contributed by atoms with E-state index in [1.165, 1.54) is 7.11 Å². The van der Waals surface area contributed by atoms with Gasteiger partial charge in [0.05, 0.1) is 18.8 Å². The van der Waals surface area contributed by atoms with Crippen molar-refractivity contribution >= 4 is 5.97 Å². The molecular formula is C19H21F3N2O4. The lowest BCUT2D eigenvalue weighted by Gasteiger charge is -2.45. The predicted molar refractivity (Wildman–Crippen MR) is 90.8 cm³/mol. The molecule has 9 heteroatoms. The molecule has 1 saturated carbocycles. The number of nitrogens with zero attached hydrogens (tertiary/aromatic N) is 1. The van der Waals surface area contributed by atoms with Crippen molar-refractivity contribution in [3.8, 4) is 11.8 Å². The number of carbonyl (C=O) groups is 1. The van der Waals surface area contributed by atoms with Crippen molar-refractivity contribution in [2.75, 3.05) is 13.7 Å². The Kier molecular flexibility index (Phi) is 5.55. The number of alkyl halides is 3. The summed E-state index contributed by atoms with van der Waals surface area (Å²) < 4.78 is 47.9. The summed E-state index contributed by atoms with van der Waals surface area (Å²) in [5.74, 6) is -3.13. The number of rotatable bonds is 4. The van der Waals surface area contributed by atoms with E-state index in [4.69, 9.17) is 10.00 Å². The highest BCUT2D eigenvalue weighted by molar-refractivity contribution is 5.75. The average molecular weight is 398 g/mol. The van der Waals surface area contributed by atoms with Crippen LogP contribution in [0.5, 0.6) is 5.75 Å². The zero-order valence-electron chi connectivity index (χ0n) is 15.2. The number of carbonyl (C=O) groups excluding carboxylic acids is 1. The number of nitrogens with one attached hydrogen (secondary N) is 1. The minimum atomic E-state index is -5.10. The third-order valence-corrected chi connectivity index (χ3v) is 5.68. The Morgan fingerprint density at radius 2 is 2.14 bits per heavy atom. The quantitative estimate of drug-likeness (QED) is 0.758. The van der Waals surface area contributed by atoms with E-state index in [1.54, 1.807) is 24.3 Å². The lowest BCUT2D eigenvalue weighted by molar-refractivity contribution is -0.209. The first-order valence-corrected chi connectivity index (χ1v) is 8.94. The van der Waals surface area contributed by atoms with Gasteiger partial charge in [-0.3, -0.25) is 5.32 Å². The molecule has 0 spiro atoms. The van der Waals surface area contributed by atoms with E-state index < -0.39 is 35.8 Å². The molecule has 6 nitrogen and oxygen atoms in total. The van der Waals surface area contributed by atoms with Crippen molar-refractivity contribution in [2.24, 2.45) is 17.8 Å². The van der Waals surface area contributed by atoms with Crippen LogP contribution in [0.4, 0.5) is 13.2 Å². The van der Waals surface area contributed by atoms with Gasteiger partial charge in [-0.2, -0.15) is 18.4 Å². The number of ether oxygens (including phenoxy) is 2. The molecule has 0 amide bonds. The number of hydrogen-bond donors (Lipinski definition) is 2. The highest BCUT2D eigenvalue weighted by Crippen LogP contribution is 2.52. The normalized spacial score (nSPS) is 32.3. The number of methoxy groups -OCH3 is 1. The van der Waals surface area contributed by atoms with Crippen molar-refractivity contribution in [2.45, 2.75) is 37.3 Å². The molecule has 3 rings (SSSR count). The molecule has 1 heterocycles. The van der Waals surface area contributed by atoms with Gasteiger partial charge in [-0.25, -0.2) is 4.79 Å². The molecule has 1 aliphatic heterocycles. The molecule has 2 aliphatic rings. The molecule has 2 N–H and O–H groups in total. The van der Waals surface area contributed by atoms with Gasteiger partial charge >= 0.3 is 12.1 Å². The van der Waals surface area contributed by atoms with Crippen LogP contribution in [0.15, 0.2) is 24.3 Å². The fraction of sp³-hybridized carbons (Fsp3) is 0.579. The minimum absolute atomic E-state index is 0.140. The molecular weight excluding hydrogens is 377 g/mol. The van der Waals surface area contributed by atoms with E-state index in [1.807, 2.05) is 0 Å². The van der Waals surface area contributed by atoms with Crippen LogP contribution in [-0.2, 0) is 15.1 Å². The van der Waals surface area contributed by atoms with Crippen molar-refractivity contribution < 1.29 is 32.5 Å². The van der Waals surface area contributed by atoms with Gasteiger partial charge in [0.15, 0.2) is 6.23 Å². The topological polar surface area (TPSA) is 91.6 Å². The third-order valence-electron chi connectivity index (χ3n) is 5.68. The second-order valence-corrected chi connectivity index (χ2v) is 7.29. The monoisotopic (exact) mass is 398 g/mol. The Hall–Kier alpha value is -2.31. The van der Waals surface area contributed by atoms with Crippen LogP contribution in [0, 0.1) is 29.1 Å². The van der Waals surface area contributed by atoms with Gasteiger partial charge in [0.2, 0.25) is 0 Å². The number of aliphatic hydroxyl groups is 1. The predicted octanol–water partition coefficient (Wildman–Crippen LogP) is 2.47. The van der Waals surface area contributed by atoms with Crippen LogP contribution in [0.3, 0.4) is 0 Å². The Balaban J connectivity index is 1.94. The number of nitriles is 1. The molecule has 2 fully saturated rings. The lowest BCUT2D eigenvalue weighted by Crippen LogP contribution is -2.47. The smallest absolute Gasteiger partial charge is 0.490 e. The van der Waals surface area contributed by atoms with Crippen molar-refractivity contribution in [3.63, 3.8) is 0 Å². The van der Waals surface area contributed by atoms with E-state index in [9.17, 15) is 23.1 Å². The maximum Gasteiger partial charge on any atom is 0.490 e.